The van der Waals surface area contributed by atoms with Crippen LogP contribution in [0.3, 0.4) is 0 Å². The van der Waals surface area contributed by atoms with Gasteiger partial charge < -0.3 is 0 Å². The normalized spacial score (nSPS) is 15.7. The third-order valence-corrected chi connectivity index (χ3v) is 16.6. The predicted octanol–water partition coefficient (Wildman–Crippen LogP) is 14.8. The molecule has 0 aromatic heterocycles. The zero-order valence-electron chi connectivity index (χ0n) is 17.2. The van der Waals surface area contributed by atoms with Gasteiger partial charge in [-0.1, -0.05) is 251 Å². The zero-order valence-corrected chi connectivity index (χ0v) is 33.0. The molecule has 0 bridgehead atoms. The lowest BCUT2D eigenvalue weighted by molar-refractivity contribution is 0.660. The lowest BCUT2D eigenvalue weighted by atomic mass is 9.88. The molecule has 21 heteroatoms. The molecule has 0 spiro atoms. The monoisotopic (exact) mass is 944 g/mol. The van der Waals surface area contributed by atoms with Crippen molar-refractivity contribution in [2.75, 3.05) is 0 Å². The molecule has 0 saturated carbocycles. The fourth-order valence-electron chi connectivity index (χ4n) is 2.72. The molecule has 0 heterocycles. The number of hydrogen-bond acceptors (Lipinski definition) is 0. The van der Waals surface area contributed by atoms with Crippen molar-refractivity contribution >= 4 is 244 Å². The van der Waals surface area contributed by atoms with Gasteiger partial charge in [-0.2, -0.15) is 0 Å². The van der Waals surface area contributed by atoms with Crippen molar-refractivity contribution in [2.24, 2.45) is 0 Å². The van der Waals surface area contributed by atoms with Gasteiger partial charge >= 0.3 is 0 Å². The van der Waals surface area contributed by atoms with Gasteiger partial charge in [0.2, 0.25) is 24.4 Å². The Morgan fingerprint density at radius 2 is 0.658 bits per heavy atom. The van der Waals surface area contributed by atoms with Gasteiger partial charge in [0, 0.05) is 0 Å². The molecule has 1 rings (SSSR count). The number of alkyl halides is 21. The molecule has 0 saturated heterocycles. The Hall–Kier alpha value is 5.31. The van der Waals surface area contributed by atoms with Crippen LogP contribution in [0.1, 0.15) is 29.2 Å². The van der Waals surface area contributed by atoms with Gasteiger partial charge in [-0.25, -0.2) is 0 Å². The Labute approximate surface area is 324 Å². The minimum absolute atomic E-state index is 0.0728. The first-order valence-electron chi connectivity index (χ1n) is 8.74. The van der Waals surface area contributed by atoms with E-state index in [0.717, 1.165) is 12.1 Å². The highest BCUT2D eigenvalue weighted by molar-refractivity contribution is 6.80. The van der Waals surface area contributed by atoms with Crippen LogP contribution in [0.4, 0.5) is 0 Å². The summed E-state index contributed by atoms with van der Waals surface area (Å²) in [5, 5.41) is 0. The second kappa shape index (κ2) is 13.1. The van der Waals surface area contributed by atoms with Gasteiger partial charge in [-0.15, -0.1) is 0 Å². The standard InChI is InChI=1S/C17H6Cl21/c1-2-6-7(10(20,21)13(26,27)16(33,34)35)3-5(9(18,19)12(24,25)15(30,31)32)4-8(6)11(22,23)14(28,29)17(36,37)38/h2-4H,1H3. The van der Waals surface area contributed by atoms with Crippen LogP contribution in [0.25, 0.3) is 0 Å². The van der Waals surface area contributed by atoms with Crippen molar-refractivity contribution in [3.05, 3.63) is 40.8 Å². The van der Waals surface area contributed by atoms with Crippen molar-refractivity contribution in [3.8, 4) is 0 Å². The number of halogens is 21. The molecular weight excluding hydrogens is 949 g/mol. The van der Waals surface area contributed by atoms with Crippen molar-refractivity contribution in [1.82, 2.24) is 0 Å². The summed E-state index contributed by atoms with van der Waals surface area (Å²) < 4.78 is -23.1. The van der Waals surface area contributed by atoms with Crippen LogP contribution in [-0.4, -0.2) is 24.4 Å². The average Bonchev–Trinajstić information content (AvgIpc) is 2.69. The highest BCUT2D eigenvalue weighted by Gasteiger charge is 2.66. The smallest absolute Gasteiger partial charge is 0.0930 e. The Morgan fingerprint density at radius 1 is 0.421 bits per heavy atom. The molecule has 0 N–H and O–H groups in total. The van der Waals surface area contributed by atoms with Crippen LogP contribution in [0.5, 0.6) is 0 Å². The quantitative estimate of drug-likeness (QED) is 0.239. The van der Waals surface area contributed by atoms with E-state index >= 15 is 0 Å². The van der Waals surface area contributed by atoms with Crippen molar-refractivity contribution < 1.29 is 0 Å². The molecule has 0 atom stereocenters. The Morgan fingerprint density at radius 3 is 0.868 bits per heavy atom. The lowest BCUT2D eigenvalue weighted by Crippen LogP contribution is -2.48. The topological polar surface area (TPSA) is 0 Å². The maximum atomic E-state index is 6.64. The summed E-state index contributed by atoms with van der Waals surface area (Å²) in [6.45, 7) is 1.47. The third kappa shape index (κ3) is 7.39. The van der Waals surface area contributed by atoms with E-state index in [-0.39, 0.29) is 22.3 Å². The van der Waals surface area contributed by atoms with Gasteiger partial charge in [0.25, 0.3) is 0 Å². The van der Waals surface area contributed by atoms with Gasteiger partial charge in [-0.05, 0) is 40.8 Å². The van der Waals surface area contributed by atoms with Gasteiger partial charge in [0.1, 0.15) is 0 Å². The molecule has 0 aliphatic heterocycles. The molecule has 0 fully saturated rings. The molecule has 1 radical (unpaired) electrons. The summed E-state index contributed by atoms with van der Waals surface area (Å²) in [5.41, 5.74) is -1.04. The van der Waals surface area contributed by atoms with Crippen molar-refractivity contribution in [1.29, 1.82) is 0 Å². The van der Waals surface area contributed by atoms with Crippen LogP contribution >= 0.6 is 244 Å². The second-order valence-electron chi connectivity index (χ2n) is 7.21. The summed E-state index contributed by atoms with van der Waals surface area (Å²) in [4.78, 5) is 0. The van der Waals surface area contributed by atoms with Crippen LogP contribution < -0.4 is 0 Å². The third-order valence-electron chi connectivity index (χ3n) is 4.76. The fourth-order valence-corrected chi connectivity index (χ4v) is 7.18. The zero-order chi connectivity index (χ0) is 30.9. The summed E-state index contributed by atoms with van der Waals surface area (Å²) in [6.07, 6.45) is 1.35. The van der Waals surface area contributed by atoms with E-state index in [2.05, 4.69) is 0 Å². The van der Waals surface area contributed by atoms with Crippen LogP contribution in [-0.2, 0) is 13.0 Å². The first-order valence-corrected chi connectivity index (χ1v) is 16.7. The van der Waals surface area contributed by atoms with E-state index in [4.69, 9.17) is 244 Å². The van der Waals surface area contributed by atoms with Crippen LogP contribution in [0, 0.1) is 6.42 Å². The van der Waals surface area contributed by atoms with Crippen molar-refractivity contribution in [3.63, 3.8) is 0 Å². The van der Waals surface area contributed by atoms with E-state index in [1.807, 2.05) is 0 Å². The van der Waals surface area contributed by atoms with E-state index in [1.54, 1.807) is 0 Å². The first kappa shape index (κ1) is 41.3. The lowest BCUT2D eigenvalue weighted by Gasteiger charge is -2.43. The summed E-state index contributed by atoms with van der Waals surface area (Å²) >= 11 is 131. The second-order valence-corrected chi connectivity index (χ2v) is 22.0. The summed E-state index contributed by atoms with van der Waals surface area (Å²) in [7, 11) is 0. The molecule has 0 aliphatic rings. The Kier molecular flexibility index (Phi) is 14.2. The molecule has 1 aromatic rings. The first-order chi connectivity index (χ1) is 16.3. The maximum Gasteiger partial charge on any atom is 0.226 e. The fraction of sp³-hybridized carbons (Fsp3) is 0.588. The Balaban J connectivity index is 4.45. The van der Waals surface area contributed by atoms with Gasteiger partial charge in [0.05, 0.1) is 0 Å². The van der Waals surface area contributed by atoms with E-state index < -0.39 is 37.4 Å². The van der Waals surface area contributed by atoms with Crippen molar-refractivity contribution in [2.45, 2.75) is 44.3 Å². The Bertz CT molecular complexity index is 961. The largest absolute Gasteiger partial charge is 0.226 e. The van der Waals surface area contributed by atoms with E-state index in [0.29, 0.717) is 0 Å². The summed E-state index contributed by atoms with van der Waals surface area (Å²) in [6, 6.07) is 2.18. The highest BCUT2D eigenvalue weighted by atomic mass is 35.6. The molecule has 0 nitrogen and oxygen atoms in total. The van der Waals surface area contributed by atoms with Crippen LogP contribution in [0.2, 0.25) is 0 Å². The molecular formula is C17H6Cl21. The predicted molar refractivity (Wildman–Crippen MR) is 180 cm³/mol. The molecule has 0 amide bonds. The SMILES string of the molecule is C[CH]c1c(C(Cl)(Cl)C(Cl)(Cl)C(Cl)(Cl)Cl)cc(C(Cl)(Cl)C(Cl)(Cl)C(Cl)(Cl)Cl)cc1C(Cl)(Cl)C(Cl)(Cl)C(Cl)(Cl)Cl. The number of benzene rings is 1. The molecule has 1 aromatic carbocycles. The van der Waals surface area contributed by atoms with Gasteiger partial charge in [0.15, 0.2) is 13.0 Å². The van der Waals surface area contributed by atoms with E-state index in [1.165, 1.54) is 13.3 Å². The minimum Gasteiger partial charge on any atom is -0.0930 e. The molecule has 221 valence electrons. The van der Waals surface area contributed by atoms with Crippen LogP contribution in [0.15, 0.2) is 12.1 Å². The summed E-state index contributed by atoms with van der Waals surface area (Å²) in [5.74, 6) is 0. The maximum absolute atomic E-state index is 6.64. The number of rotatable bonds is 7. The van der Waals surface area contributed by atoms with Gasteiger partial charge in [-0.3, -0.25) is 0 Å². The average molecular weight is 955 g/mol. The molecule has 0 aliphatic carbocycles. The van der Waals surface area contributed by atoms with E-state index in [9.17, 15) is 0 Å². The minimum atomic E-state index is -2.62. The highest BCUT2D eigenvalue weighted by Crippen LogP contribution is 2.66. The number of hydrogen-bond donors (Lipinski definition) is 0. The molecule has 0 unspecified atom stereocenters. The molecule has 38 heavy (non-hydrogen) atoms.